The van der Waals surface area contributed by atoms with Crippen molar-refractivity contribution >= 4 is 23.3 Å². The molecule has 4 nitrogen and oxygen atoms in total. The number of carbonyl (C=O) groups excluding carboxylic acids is 2. The lowest BCUT2D eigenvalue weighted by Gasteiger charge is -2.13. The van der Waals surface area contributed by atoms with Crippen LogP contribution in [0.25, 0.3) is 0 Å². The van der Waals surface area contributed by atoms with Crippen molar-refractivity contribution in [1.82, 2.24) is 5.32 Å². The molecule has 0 atom stereocenters. The molecule has 0 spiro atoms. The van der Waals surface area contributed by atoms with Gasteiger partial charge in [0.2, 0.25) is 5.78 Å². The highest BCUT2D eigenvalue weighted by Crippen LogP contribution is 2.34. The molecule has 1 N–H and O–H groups in total. The number of ether oxygens (including phenoxy) is 1. The first-order valence-electron chi connectivity index (χ1n) is 8.00. The molecule has 2 rings (SSSR count). The summed E-state index contributed by atoms with van der Waals surface area (Å²) in [7, 11) is 1.55. The Morgan fingerprint density at radius 2 is 1.78 bits per heavy atom. The fourth-order valence-electron chi connectivity index (χ4n) is 2.43. The van der Waals surface area contributed by atoms with Crippen LogP contribution in [-0.2, 0) is 28.6 Å². The van der Waals surface area contributed by atoms with Gasteiger partial charge in [0.1, 0.15) is 5.75 Å². The van der Waals surface area contributed by atoms with Gasteiger partial charge < -0.3 is 10.1 Å². The number of ketones is 1. The van der Waals surface area contributed by atoms with Crippen LogP contribution in [-0.4, -0.2) is 25.3 Å². The number of Topliss-reactive ketones (excluding diaryl/α,β-unsaturated/α-hetero) is 1. The number of rotatable bonds is 7. The average molecular weight is 400 g/mol. The van der Waals surface area contributed by atoms with E-state index in [9.17, 15) is 22.8 Å². The van der Waals surface area contributed by atoms with Crippen LogP contribution in [0, 0.1) is 0 Å². The fourth-order valence-corrected chi connectivity index (χ4v) is 2.60. The quantitative estimate of drug-likeness (QED) is 0.720. The zero-order valence-corrected chi connectivity index (χ0v) is 15.2. The Balaban J connectivity index is 1.93. The van der Waals surface area contributed by atoms with Crippen molar-refractivity contribution < 1.29 is 27.5 Å². The number of amides is 1. The van der Waals surface area contributed by atoms with E-state index in [1.54, 1.807) is 19.2 Å². The van der Waals surface area contributed by atoms with Crippen molar-refractivity contribution in [1.29, 1.82) is 0 Å². The Labute approximate surface area is 159 Å². The molecule has 144 valence electrons. The van der Waals surface area contributed by atoms with Crippen LogP contribution in [0.2, 0.25) is 5.02 Å². The van der Waals surface area contributed by atoms with E-state index >= 15 is 0 Å². The van der Waals surface area contributed by atoms with E-state index in [0.29, 0.717) is 12.2 Å². The third kappa shape index (κ3) is 5.99. The second-order valence-corrected chi connectivity index (χ2v) is 6.19. The predicted octanol–water partition coefficient (Wildman–Crippen LogP) is 3.84. The molecule has 2 aromatic rings. The van der Waals surface area contributed by atoms with Crippen molar-refractivity contribution in [3.05, 3.63) is 64.2 Å². The van der Waals surface area contributed by atoms with Gasteiger partial charge in [0.05, 0.1) is 12.7 Å². The molecule has 2 aromatic carbocycles. The number of carbonyl (C=O) groups is 2. The summed E-state index contributed by atoms with van der Waals surface area (Å²) in [5.74, 6) is -1.18. The molecule has 1 amide bonds. The van der Waals surface area contributed by atoms with Crippen LogP contribution >= 0.6 is 11.6 Å². The van der Waals surface area contributed by atoms with E-state index in [4.69, 9.17) is 16.3 Å². The summed E-state index contributed by atoms with van der Waals surface area (Å²) in [5.41, 5.74) is -0.391. The Bertz CT molecular complexity index is 820. The molecule has 0 aromatic heterocycles. The van der Waals surface area contributed by atoms with Crippen molar-refractivity contribution in [2.24, 2.45) is 0 Å². The summed E-state index contributed by atoms with van der Waals surface area (Å²) in [6, 6.07) is 10.3. The molecule has 0 aliphatic heterocycles. The van der Waals surface area contributed by atoms with E-state index in [0.717, 1.165) is 17.7 Å². The lowest BCUT2D eigenvalue weighted by Crippen LogP contribution is -2.33. The topological polar surface area (TPSA) is 55.4 Å². The molecule has 27 heavy (non-hydrogen) atoms. The summed E-state index contributed by atoms with van der Waals surface area (Å²) in [5, 5.41) is 2.33. The first-order chi connectivity index (χ1) is 12.7. The molecular formula is C19H17ClF3NO3. The van der Waals surface area contributed by atoms with Gasteiger partial charge >= 0.3 is 6.18 Å². The monoisotopic (exact) mass is 399 g/mol. The SMILES string of the molecule is COc1ccc(CCNC(=O)C(=O)Cc2ccc(Cl)cc2C(F)(F)F)cc1. The lowest BCUT2D eigenvalue weighted by atomic mass is 10.0. The molecule has 0 aliphatic rings. The van der Waals surface area contributed by atoms with Gasteiger partial charge in [0, 0.05) is 18.0 Å². The highest BCUT2D eigenvalue weighted by molar-refractivity contribution is 6.36. The van der Waals surface area contributed by atoms with E-state index in [1.807, 2.05) is 12.1 Å². The van der Waals surface area contributed by atoms with Gasteiger partial charge in [-0.3, -0.25) is 9.59 Å². The molecule has 0 heterocycles. The predicted molar refractivity (Wildman–Crippen MR) is 94.9 cm³/mol. The first kappa shape index (κ1) is 20.8. The van der Waals surface area contributed by atoms with Crippen molar-refractivity contribution in [2.75, 3.05) is 13.7 Å². The van der Waals surface area contributed by atoms with E-state index < -0.39 is 29.9 Å². The van der Waals surface area contributed by atoms with Crippen molar-refractivity contribution in [2.45, 2.75) is 19.0 Å². The molecule has 0 aliphatic carbocycles. The molecule has 0 radical (unpaired) electrons. The van der Waals surface area contributed by atoms with Crippen molar-refractivity contribution in [3.8, 4) is 5.75 Å². The zero-order chi connectivity index (χ0) is 20.0. The molecule has 0 saturated heterocycles. The van der Waals surface area contributed by atoms with Gasteiger partial charge in [0.25, 0.3) is 5.91 Å². The number of alkyl halides is 3. The minimum absolute atomic E-state index is 0.0949. The molecular weight excluding hydrogens is 383 g/mol. The van der Waals surface area contributed by atoms with Crippen LogP contribution in [0.4, 0.5) is 13.2 Å². The minimum Gasteiger partial charge on any atom is -0.497 e. The van der Waals surface area contributed by atoms with Crippen LogP contribution in [0.3, 0.4) is 0 Å². The molecule has 0 fully saturated rings. The minimum atomic E-state index is -4.66. The van der Waals surface area contributed by atoms with Gasteiger partial charge in [-0.15, -0.1) is 0 Å². The fraction of sp³-hybridized carbons (Fsp3) is 0.263. The van der Waals surface area contributed by atoms with E-state index in [2.05, 4.69) is 5.32 Å². The van der Waals surface area contributed by atoms with Gasteiger partial charge in [-0.05, 0) is 41.8 Å². The largest absolute Gasteiger partial charge is 0.497 e. The maximum atomic E-state index is 13.0. The third-order valence-electron chi connectivity index (χ3n) is 3.84. The highest BCUT2D eigenvalue weighted by Gasteiger charge is 2.34. The molecule has 0 bridgehead atoms. The number of hydrogen-bond acceptors (Lipinski definition) is 3. The van der Waals surface area contributed by atoms with Crippen LogP contribution in [0.5, 0.6) is 5.75 Å². The smallest absolute Gasteiger partial charge is 0.416 e. The highest BCUT2D eigenvalue weighted by atomic mass is 35.5. The molecule has 0 saturated carbocycles. The number of halogens is 4. The second-order valence-electron chi connectivity index (χ2n) is 5.75. The first-order valence-corrected chi connectivity index (χ1v) is 8.38. The summed E-state index contributed by atoms with van der Waals surface area (Å²) in [6.45, 7) is 0.184. The van der Waals surface area contributed by atoms with Gasteiger partial charge in [-0.2, -0.15) is 13.2 Å². The Hall–Kier alpha value is -2.54. The van der Waals surface area contributed by atoms with Crippen molar-refractivity contribution in [3.63, 3.8) is 0 Å². The second kappa shape index (κ2) is 8.90. The number of benzene rings is 2. The van der Waals surface area contributed by atoms with Crippen LogP contribution in [0.15, 0.2) is 42.5 Å². The maximum absolute atomic E-state index is 13.0. The standard InChI is InChI=1S/C19H17ClF3NO3/c1-27-15-6-2-12(3-7-15)8-9-24-18(26)17(25)10-13-4-5-14(20)11-16(13)19(21,22)23/h2-7,11H,8-10H2,1H3,(H,24,26). The molecule has 0 unspecified atom stereocenters. The number of nitrogens with one attached hydrogen (secondary N) is 1. The maximum Gasteiger partial charge on any atom is 0.416 e. The zero-order valence-electron chi connectivity index (χ0n) is 14.4. The Kier molecular flexibility index (Phi) is 6.85. The lowest BCUT2D eigenvalue weighted by molar-refractivity contribution is -0.140. The van der Waals surface area contributed by atoms with Gasteiger partial charge in [0.15, 0.2) is 0 Å². The Morgan fingerprint density at radius 1 is 1.11 bits per heavy atom. The molecule has 8 heteroatoms. The Morgan fingerprint density at radius 3 is 2.37 bits per heavy atom. The van der Waals surface area contributed by atoms with E-state index in [1.165, 1.54) is 6.07 Å². The van der Waals surface area contributed by atoms with Gasteiger partial charge in [-0.1, -0.05) is 29.8 Å². The summed E-state index contributed by atoms with van der Waals surface area (Å²) in [6.07, 6.45) is -4.84. The summed E-state index contributed by atoms with van der Waals surface area (Å²) < 4.78 is 44.2. The van der Waals surface area contributed by atoms with Crippen LogP contribution < -0.4 is 10.1 Å². The third-order valence-corrected chi connectivity index (χ3v) is 4.07. The van der Waals surface area contributed by atoms with Gasteiger partial charge in [-0.25, -0.2) is 0 Å². The van der Waals surface area contributed by atoms with Crippen LogP contribution in [0.1, 0.15) is 16.7 Å². The number of methoxy groups -OCH3 is 1. The average Bonchev–Trinajstić information content (AvgIpc) is 2.62. The summed E-state index contributed by atoms with van der Waals surface area (Å²) >= 11 is 5.60. The van der Waals surface area contributed by atoms with E-state index in [-0.39, 0.29) is 17.1 Å². The normalized spacial score (nSPS) is 11.1. The summed E-state index contributed by atoms with van der Waals surface area (Å²) in [4.78, 5) is 23.9. The number of hydrogen-bond donors (Lipinski definition) is 1.